The van der Waals surface area contributed by atoms with Crippen molar-refractivity contribution in [2.75, 3.05) is 33.4 Å². The highest BCUT2D eigenvalue weighted by molar-refractivity contribution is 5.91. The SMILES string of the molecule is COCCNCCNC(=O)c1cn(-c2cccc(C(F)(F)F)c2)nn1. The monoisotopic (exact) mass is 357 g/mol. The molecular formula is C15H18F3N5O2. The van der Waals surface area contributed by atoms with Crippen molar-refractivity contribution in [3.05, 3.63) is 41.7 Å². The van der Waals surface area contributed by atoms with Crippen molar-refractivity contribution in [2.24, 2.45) is 0 Å². The maximum atomic E-state index is 12.7. The lowest BCUT2D eigenvalue weighted by molar-refractivity contribution is -0.137. The Morgan fingerprint density at radius 3 is 2.80 bits per heavy atom. The lowest BCUT2D eigenvalue weighted by Gasteiger charge is -2.08. The van der Waals surface area contributed by atoms with Gasteiger partial charge in [-0.1, -0.05) is 11.3 Å². The van der Waals surface area contributed by atoms with Crippen LogP contribution in [0.5, 0.6) is 0 Å². The summed E-state index contributed by atoms with van der Waals surface area (Å²) in [6, 6.07) is 4.62. The molecule has 25 heavy (non-hydrogen) atoms. The van der Waals surface area contributed by atoms with Crippen molar-refractivity contribution >= 4 is 5.91 Å². The summed E-state index contributed by atoms with van der Waals surface area (Å²) < 4.78 is 44.2. The van der Waals surface area contributed by atoms with Crippen LogP contribution in [0.15, 0.2) is 30.5 Å². The third-order valence-corrected chi connectivity index (χ3v) is 3.23. The topological polar surface area (TPSA) is 81.1 Å². The summed E-state index contributed by atoms with van der Waals surface area (Å²) >= 11 is 0. The highest BCUT2D eigenvalue weighted by Gasteiger charge is 2.30. The van der Waals surface area contributed by atoms with Crippen molar-refractivity contribution < 1.29 is 22.7 Å². The summed E-state index contributed by atoms with van der Waals surface area (Å²) in [6.45, 7) is 2.16. The number of carbonyl (C=O) groups is 1. The van der Waals surface area contributed by atoms with Gasteiger partial charge in [0.2, 0.25) is 0 Å². The first-order valence-corrected chi connectivity index (χ1v) is 7.49. The number of carbonyl (C=O) groups excluding carboxylic acids is 1. The zero-order chi connectivity index (χ0) is 18.3. The molecule has 0 aliphatic carbocycles. The number of rotatable bonds is 8. The highest BCUT2D eigenvalue weighted by Crippen LogP contribution is 2.30. The molecule has 2 aromatic rings. The van der Waals surface area contributed by atoms with Crippen molar-refractivity contribution in [2.45, 2.75) is 6.18 Å². The predicted octanol–water partition coefficient (Wildman–Crippen LogP) is 1.25. The third kappa shape index (κ3) is 5.54. The minimum absolute atomic E-state index is 0.0225. The first-order chi connectivity index (χ1) is 11.9. The molecule has 0 aliphatic rings. The van der Waals surface area contributed by atoms with E-state index in [4.69, 9.17) is 4.74 Å². The zero-order valence-electron chi connectivity index (χ0n) is 13.5. The minimum Gasteiger partial charge on any atom is -0.383 e. The molecule has 10 heteroatoms. The van der Waals surface area contributed by atoms with Crippen molar-refractivity contribution in [3.8, 4) is 5.69 Å². The summed E-state index contributed by atoms with van der Waals surface area (Å²) in [7, 11) is 1.59. The molecule has 1 heterocycles. The second-order valence-electron chi connectivity index (χ2n) is 5.10. The summed E-state index contributed by atoms with van der Waals surface area (Å²) in [5.41, 5.74) is -0.606. The Labute approximate surface area is 142 Å². The van der Waals surface area contributed by atoms with Crippen LogP contribution in [-0.4, -0.2) is 54.3 Å². The standard InChI is InChI=1S/C15H18F3N5O2/c1-25-8-7-19-5-6-20-14(24)13-10-23(22-21-13)12-4-2-3-11(9-12)15(16,17)18/h2-4,9-10,19H,5-8H2,1H3,(H,20,24). The molecule has 0 bridgehead atoms. The maximum Gasteiger partial charge on any atom is 0.416 e. The number of ether oxygens (including phenoxy) is 1. The number of benzene rings is 1. The van der Waals surface area contributed by atoms with Crippen molar-refractivity contribution in [3.63, 3.8) is 0 Å². The average Bonchev–Trinajstić information content (AvgIpc) is 3.07. The van der Waals surface area contributed by atoms with Crippen molar-refractivity contribution in [1.82, 2.24) is 25.6 Å². The number of nitrogens with zero attached hydrogens (tertiary/aromatic N) is 3. The maximum absolute atomic E-state index is 12.7. The minimum atomic E-state index is -4.45. The van der Waals surface area contributed by atoms with E-state index in [0.717, 1.165) is 16.8 Å². The van der Waals surface area contributed by atoms with Gasteiger partial charge in [0.05, 0.1) is 24.1 Å². The molecule has 0 spiro atoms. The number of hydrogen-bond donors (Lipinski definition) is 2. The number of amides is 1. The number of alkyl halides is 3. The number of methoxy groups -OCH3 is 1. The van der Waals surface area contributed by atoms with E-state index >= 15 is 0 Å². The molecule has 1 aromatic heterocycles. The lowest BCUT2D eigenvalue weighted by Crippen LogP contribution is -2.33. The van der Waals surface area contributed by atoms with Gasteiger partial charge in [-0.15, -0.1) is 5.10 Å². The summed E-state index contributed by atoms with van der Waals surface area (Å²) in [5, 5.41) is 13.1. The largest absolute Gasteiger partial charge is 0.416 e. The number of halogens is 3. The molecule has 2 rings (SSSR count). The predicted molar refractivity (Wildman–Crippen MR) is 83.4 cm³/mol. The van der Waals surface area contributed by atoms with Gasteiger partial charge in [0, 0.05) is 26.7 Å². The molecule has 0 saturated heterocycles. The first-order valence-electron chi connectivity index (χ1n) is 7.49. The Morgan fingerprint density at radius 1 is 1.28 bits per heavy atom. The molecule has 1 amide bonds. The van der Waals surface area contributed by atoms with E-state index in [9.17, 15) is 18.0 Å². The van der Waals surface area contributed by atoms with Crippen LogP contribution in [0.4, 0.5) is 13.2 Å². The van der Waals surface area contributed by atoms with Crippen LogP contribution in [0.2, 0.25) is 0 Å². The Kier molecular flexibility index (Phi) is 6.48. The van der Waals surface area contributed by atoms with Gasteiger partial charge < -0.3 is 15.4 Å². The van der Waals surface area contributed by atoms with Gasteiger partial charge in [-0.3, -0.25) is 4.79 Å². The number of aromatic nitrogens is 3. The molecule has 136 valence electrons. The molecule has 0 aliphatic heterocycles. The normalized spacial score (nSPS) is 11.5. The Morgan fingerprint density at radius 2 is 2.08 bits per heavy atom. The van der Waals surface area contributed by atoms with Crippen LogP contribution >= 0.6 is 0 Å². The van der Waals surface area contributed by atoms with Crippen LogP contribution in [0.25, 0.3) is 5.69 Å². The third-order valence-electron chi connectivity index (χ3n) is 3.23. The average molecular weight is 357 g/mol. The molecule has 0 saturated carbocycles. The summed E-state index contributed by atoms with van der Waals surface area (Å²) in [5.74, 6) is -0.452. The fourth-order valence-corrected chi connectivity index (χ4v) is 1.97. The molecule has 0 atom stereocenters. The van der Waals surface area contributed by atoms with Gasteiger partial charge in [-0.2, -0.15) is 13.2 Å². The van der Waals surface area contributed by atoms with E-state index in [2.05, 4.69) is 20.9 Å². The van der Waals surface area contributed by atoms with Gasteiger partial charge in [0.25, 0.3) is 5.91 Å². The van der Waals surface area contributed by atoms with E-state index < -0.39 is 17.6 Å². The van der Waals surface area contributed by atoms with Gasteiger partial charge >= 0.3 is 6.18 Å². The van der Waals surface area contributed by atoms with E-state index in [1.165, 1.54) is 18.3 Å². The fraction of sp³-hybridized carbons (Fsp3) is 0.400. The van der Waals surface area contributed by atoms with Crippen LogP contribution in [0.1, 0.15) is 16.1 Å². The van der Waals surface area contributed by atoms with Crippen molar-refractivity contribution in [1.29, 1.82) is 0 Å². The molecule has 1 aromatic carbocycles. The summed E-state index contributed by atoms with van der Waals surface area (Å²) in [6.07, 6.45) is -3.17. The molecule has 0 fully saturated rings. The highest BCUT2D eigenvalue weighted by atomic mass is 19.4. The second-order valence-corrected chi connectivity index (χ2v) is 5.10. The van der Waals surface area contributed by atoms with E-state index in [-0.39, 0.29) is 11.4 Å². The molecule has 7 nitrogen and oxygen atoms in total. The quantitative estimate of drug-likeness (QED) is 0.695. The van der Waals surface area contributed by atoms with Gasteiger partial charge in [-0.05, 0) is 18.2 Å². The molecule has 0 radical (unpaired) electrons. The molecule has 2 N–H and O–H groups in total. The van der Waals surface area contributed by atoms with Gasteiger partial charge in [-0.25, -0.2) is 4.68 Å². The second kappa shape index (κ2) is 8.58. The van der Waals surface area contributed by atoms with Gasteiger partial charge in [0.1, 0.15) is 0 Å². The zero-order valence-corrected chi connectivity index (χ0v) is 13.5. The van der Waals surface area contributed by atoms with Crippen LogP contribution in [-0.2, 0) is 10.9 Å². The van der Waals surface area contributed by atoms with Crippen LogP contribution in [0, 0.1) is 0 Å². The smallest absolute Gasteiger partial charge is 0.383 e. The molecule has 0 unspecified atom stereocenters. The Bertz CT molecular complexity index is 702. The lowest BCUT2D eigenvalue weighted by atomic mass is 10.2. The van der Waals surface area contributed by atoms with Crippen LogP contribution < -0.4 is 10.6 Å². The van der Waals surface area contributed by atoms with E-state index in [1.54, 1.807) is 7.11 Å². The first kappa shape index (κ1) is 18.9. The summed E-state index contributed by atoms with van der Waals surface area (Å²) in [4.78, 5) is 11.9. The van der Waals surface area contributed by atoms with E-state index in [1.807, 2.05) is 0 Å². The number of nitrogens with one attached hydrogen (secondary N) is 2. The molecular weight excluding hydrogens is 339 g/mol. The van der Waals surface area contributed by atoms with E-state index in [0.29, 0.717) is 26.2 Å². The van der Waals surface area contributed by atoms with Crippen LogP contribution in [0.3, 0.4) is 0 Å². The Balaban J connectivity index is 1.94. The number of hydrogen-bond acceptors (Lipinski definition) is 5. The Hall–Kier alpha value is -2.46. The fourth-order valence-electron chi connectivity index (χ4n) is 1.97. The van der Waals surface area contributed by atoms with Gasteiger partial charge in [0.15, 0.2) is 5.69 Å².